The Balaban J connectivity index is 0.000000770. The summed E-state index contributed by atoms with van der Waals surface area (Å²) in [5, 5.41) is 0. The summed E-state index contributed by atoms with van der Waals surface area (Å²) in [6.45, 7) is 1.44. The molecule has 0 saturated carbocycles. The van der Waals surface area contributed by atoms with E-state index in [0.29, 0.717) is 0 Å². The van der Waals surface area contributed by atoms with Gasteiger partial charge in [-0.3, -0.25) is 0 Å². The second-order valence-corrected chi connectivity index (χ2v) is 2.64. The Hall–Kier alpha value is -1.41. The van der Waals surface area contributed by atoms with E-state index in [2.05, 4.69) is 0 Å². The van der Waals surface area contributed by atoms with Gasteiger partial charge in [0.05, 0.1) is 0 Å². The van der Waals surface area contributed by atoms with Crippen LogP contribution in [0, 0.1) is 0 Å². The molecule has 0 N–H and O–H groups in total. The Kier molecular flexibility index (Phi) is 4.44. The summed E-state index contributed by atoms with van der Waals surface area (Å²) in [6, 6.07) is 0. The molecule has 0 aromatic rings. The van der Waals surface area contributed by atoms with E-state index in [1.807, 2.05) is 0 Å². The first-order valence-electron chi connectivity index (χ1n) is 3.82. The second-order valence-electron chi connectivity index (χ2n) is 2.64. The maximum absolute atomic E-state index is 12.2. The van der Waals surface area contributed by atoms with E-state index in [4.69, 9.17) is 4.79 Å². The number of carbonyl (C=O) groups excluding carboxylic acids is 1. The first kappa shape index (κ1) is 15.6. The van der Waals surface area contributed by atoms with Crippen LogP contribution in [-0.4, -0.2) is 18.1 Å². The largest absolute Gasteiger partial charge is 0.370 e. The average Bonchev–Trinajstić information content (AvgIpc) is 2.24. The van der Waals surface area contributed by atoms with Gasteiger partial charge in [-0.05, 0) is 6.92 Å². The molecule has 1 rings (SSSR count). The SMILES string of the molecule is CC=O.FC1=C(F)C(F)(F)C(F)(F)C(F)=C1F. The molecule has 0 saturated heterocycles. The summed E-state index contributed by atoms with van der Waals surface area (Å²) in [4.78, 5) is 8.81. The summed E-state index contributed by atoms with van der Waals surface area (Å²) in [7, 11) is 0. The van der Waals surface area contributed by atoms with Crippen molar-refractivity contribution >= 4 is 6.29 Å². The number of rotatable bonds is 0. The van der Waals surface area contributed by atoms with Crippen LogP contribution < -0.4 is 0 Å². The zero-order chi connectivity index (χ0) is 14.0. The molecule has 98 valence electrons. The minimum Gasteiger partial charge on any atom is -0.304 e. The minimum atomic E-state index is -5.71. The molecule has 0 aromatic heterocycles. The molecule has 1 aliphatic carbocycles. The number of hydrogen-bond acceptors (Lipinski definition) is 1. The van der Waals surface area contributed by atoms with Crippen LogP contribution in [0.25, 0.3) is 0 Å². The zero-order valence-corrected chi connectivity index (χ0v) is 8.01. The topological polar surface area (TPSA) is 17.1 Å². The molecule has 0 unspecified atom stereocenters. The van der Waals surface area contributed by atoms with Crippen molar-refractivity contribution in [2.75, 3.05) is 0 Å². The number of alkyl halides is 4. The maximum atomic E-state index is 12.2. The number of hydrogen-bond donors (Lipinski definition) is 0. The van der Waals surface area contributed by atoms with Crippen molar-refractivity contribution in [3.63, 3.8) is 0 Å². The lowest BCUT2D eigenvalue weighted by Crippen LogP contribution is -2.44. The predicted octanol–water partition coefficient (Wildman–Crippen LogP) is 3.78. The third-order valence-corrected chi connectivity index (χ3v) is 1.52. The zero-order valence-electron chi connectivity index (χ0n) is 8.01. The molecule has 0 atom stereocenters. The van der Waals surface area contributed by atoms with E-state index in [9.17, 15) is 35.1 Å². The smallest absolute Gasteiger partial charge is 0.304 e. The van der Waals surface area contributed by atoms with Crippen molar-refractivity contribution in [3.8, 4) is 0 Å². The van der Waals surface area contributed by atoms with Crippen LogP contribution >= 0.6 is 0 Å². The van der Waals surface area contributed by atoms with Crippen molar-refractivity contribution in [3.05, 3.63) is 23.3 Å². The normalized spacial score (nSPS) is 21.9. The summed E-state index contributed by atoms with van der Waals surface area (Å²) < 4.78 is 97.1. The third-order valence-electron chi connectivity index (χ3n) is 1.52. The van der Waals surface area contributed by atoms with Crippen LogP contribution in [-0.2, 0) is 4.79 Å². The quantitative estimate of drug-likeness (QED) is 0.482. The van der Waals surface area contributed by atoms with Gasteiger partial charge in [0.1, 0.15) is 6.29 Å². The minimum absolute atomic E-state index is 0.750. The molecular formula is C8H4F8O. The van der Waals surface area contributed by atoms with Crippen molar-refractivity contribution in [1.82, 2.24) is 0 Å². The van der Waals surface area contributed by atoms with Crippen LogP contribution in [0.4, 0.5) is 35.1 Å². The molecule has 0 bridgehead atoms. The van der Waals surface area contributed by atoms with E-state index in [-0.39, 0.29) is 0 Å². The monoisotopic (exact) mass is 268 g/mol. The Bertz CT molecular complexity index is 347. The molecular weight excluding hydrogens is 264 g/mol. The van der Waals surface area contributed by atoms with Gasteiger partial charge in [-0.2, -0.15) is 17.6 Å². The molecule has 17 heavy (non-hydrogen) atoms. The number of allylic oxidation sites excluding steroid dienone is 4. The first-order valence-corrected chi connectivity index (χ1v) is 3.82. The molecule has 0 amide bonds. The number of halogens is 8. The summed E-state index contributed by atoms with van der Waals surface area (Å²) in [6.07, 6.45) is 0.750. The maximum Gasteiger partial charge on any atom is 0.370 e. The Morgan fingerprint density at radius 1 is 0.824 bits per heavy atom. The van der Waals surface area contributed by atoms with Crippen molar-refractivity contribution in [1.29, 1.82) is 0 Å². The third kappa shape index (κ3) is 2.32. The summed E-state index contributed by atoms with van der Waals surface area (Å²) in [5.74, 6) is -24.0. The highest BCUT2D eigenvalue weighted by molar-refractivity contribution is 5.44. The van der Waals surface area contributed by atoms with Gasteiger partial charge in [-0.1, -0.05) is 0 Å². The molecule has 0 fully saturated rings. The Labute approximate surface area is 89.4 Å². The van der Waals surface area contributed by atoms with Crippen molar-refractivity contribution in [2.45, 2.75) is 18.8 Å². The highest BCUT2D eigenvalue weighted by Gasteiger charge is 2.68. The van der Waals surface area contributed by atoms with Gasteiger partial charge >= 0.3 is 11.8 Å². The molecule has 1 nitrogen and oxygen atoms in total. The van der Waals surface area contributed by atoms with Gasteiger partial charge in [0.2, 0.25) is 11.7 Å². The molecule has 9 heteroatoms. The Morgan fingerprint density at radius 3 is 1.18 bits per heavy atom. The predicted molar refractivity (Wildman–Crippen MR) is 40.1 cm³/mol. The standard InChI is InChI=1S/C6F8.C2H4O/c7-1-2(8)4(10)6(13,14)5(11,12)3(1)9;1-2-3/h;2H,1H3. The molecule has 0 spiro atoms. The molecule has 0 aromatic carbocycles. The highest BCUT2D eigenvalue weighted by atomic mass is 19.3. The highest BCUT2D eigenvalue weighted by Crippen LogP contribution is 2.52. The van der Waals surface area contributed by atoms with Gasteiger partial charge in [-0.25, -0.2) is 17.6 Å². The van der Waals surface area contributed by atoms with Gasteiger partial charge < -0.3 is 4.79 Å². The fraction of sp³-hybridized carbons (Fsp3) is 0.375. The lowest BCUT2D eigenvalue weighted by molar-refractivity contribution is -0.186. The fourth-order valence-corrected chi connectivity index (χ4v) is 0.744. The van der Waals surface area contributed by atoms with Gasteiger partial charge in [0.15, 0.2) is 11.7 Å². The number of carbonyl (C=O) groups is 1. The van der Waals surface area contributed by atoms with Crippen molar-refractivity contribution < 1.29 is 39.9 Å². The van der Waals surface area contributed by atoms with Crippen LogP contribution in [0.5, 0.6) is 0 Å². The van der Waals surface area contributed by atoms with E-state index in [1.165, 1.54) is 6.92 Å². The summed E-state index contributed by atoms with van der Waals surface area (Å²) in [5.41, 5.74) is 0. The van der Waals surface area contributed by atoms with E-state index < -0.39 is 35.2 Å². The van der Waals surface area contributed by atoms with E-state index in [0.717, 1.165) is 6.29 Å². The Morgan fingerprint density at radius 2 is 1.00 bits per heavy atom. The lowest BCUT2D eigenvalue weighted by atomic mass is 10.0. The molecule has 0 aliphatic heterocycles. The van der Waals surface area contributed by atoms with Crippen LogP contribution in [0.3, 0.4) is 0 Å². The van der Waals surface area contributed by atoms with Gasteiger partial charge in [0, 0.05) is 0 Å². The van der Waals surface area contributed by atoms with Crippen LogP contribution in [0.1, 0.15) is 6.92 Å². The summed E-state index contributed by atoms with van der Waals surface area (Å²) >= 11 is 0. The number of aldehydes is 1. The molecule has 0 radical (unpaired) electrons. The van der Waals surface area contributed by atoms with Gasteiger partial charge in [-0.15, -0.1) is 0 Å². The van der Waals surface area contributed by atoms with Gasteiger partial charge in [0.25, 0.3) is 0 Å². The lowest BCUT2D eigenvalue weighted by Gasteiger charge is -2.26. The molecule has 0 heterocycles. The first-order chi connectivity index (χ1) is 7.55. The molecule has 1 aliphatic rings. The van der Waals surface area contributed by atoms with Crippen LogP contribution in [0.15, 0.2) is 23.3 Å². The second kappa shape index (κ2) is 4.84. The van der Waals surface area contributed by atoms with Crippen molar-refractivity contribution in [2.24, 2.45) is 0 Å². The van der Waals surface area contributed by atoms with E-state index in [1.54, 1.807) is 0 Å². The average molecular weight is 268 g/mol. The fourth-order valence-electron chi connectivity index (χ4n) is 0.744. The van der Waals surface area contributed by atoms with E-state index >= 15 is 0 Å². The van der Waals surface area contributed by atoms with Crippen LogP contribution in [0.2, 0.25) is 0 Å².